The molecular formula is C26H47O10P. The number of carbonyl (C=O) groups is 3. The normalized spacial score (nSPS) is 10.1. The molecule has 0 aliphatic rings. The molecule has 0 radical (unpaired) electrons. The molecule has 10 nitrogen and oxygen atoms in total. The average Bonchev–Trinajstić information content (AvgIpc) is 2.74. The first-order valence-electron chi connectivity index (χ1n) is 11.9. The molecule has 0 saturated heterocycles. The number of hydrogen-bond acceptors (Lipinski definition) is 10. The van der Waals surface area contributed by atoms with Crippen LogP contribution in [0.25, 0.3) is 0 Å². The number of esters is 2. The van der Waals surface area contributed by atoms with E-state index in [1.54, 1.807) is 20.3 Å². The second-order valence-corrected chi connectivity index (χ2v) is 12.8. The van der Waals surface area contributed by atoms with Crippen molar-refractivity contribution in [3.05, 3.63) is 12.2 Å². The molecule has 0 aliphatic heterocycles. The van der Waals surface area contributed by atoms with Crippen LogP contribution in [0.2, 0.25) is 0 Å². The van der Waals surface area contributed by atoms with Crippen LogP contribution in [0.15, 0.2) is 12.2 Å². The number of ether oxygens (including phenoxy) is 2. The van der Waals surface area contributed by atoms with E-state index in [-0.39, 0.29) is 41.2 Å². The van der Waals surface area contributed by atoms with Crippen LogP contribution >= 0.6 is 7.14 Å². The number of rotatable bonds is 11. The molecule has 0 N–H and O–H groups in total. The Morgan fingerprint density at radius 3 is 1.43 bits per heavy atom. The second kappa shape index (κ2) is 27.9. The summed E-state index contributed by atoms with van der Waals surface area (Å²) in [4.78, 5) is 64.4. The molecule has 0 fully saturated rings. The van der Waals surface area contributed by atoms with Crippen LogP contribution in [-0.4, -0.2) is 63.2 Å². The molecule has 0 aromatic heterocycles. The van der Waals surface area contributed by atoms with Crippen LogP contribution in [0.5, 0.6) is 0 Å². The summed E-state index contributed by atoms with van der Waals surface area (Å²) in [6, 6.07) is 0. The number of carbonyl (C=O) groups excluding carboxylic acids is 7. The Balaban J connectivity index is -0.000000127. The van der Waals surface area contributed by atoms with Crippen LogP contribution in [0.4, 0.5) is 0 Å². The zero-order chi connectivity index (χ0) is 30.6. The fourth-order valence-corrected chi connectivity index (χ4v) is 3.15. The van der Waals surface area contributed by atoms with Crippen molar-refractivity contribution in [1.29, 1.82) is 0 Å². The van der Waals surface area contributed by atoms with Crippen molar-refractivity contribution < 1.29 is 47.6 Å². The van der Waals surface area contributed by atoms with E-state index < -0.39 is 7.14 Å². The van der Waals surface area contributed by atoms with Crippen molar-refractivity contribution >= 4 is 37.7 Å². The Morgan fingerprint density at radius 2 is 1.16 bits per heavy atom. The van der Waals surface area contributed by atoms with Gasteiger partial charge in [0.15, 0.2) is 0 Å². The topological polar surface area (TPSA) is 155 Å². The van der Waals surface area contributed by atoms with Crippen molar-refractivity contribution in [1.82, 2.24) is 0 Å². The van der Waals surface area contributed by atoms with Gasteiger partial charge in [0.05, 0.1) is 26.5 Å². The maximum absolute atomic E-state index is 11.0. The fraction of sp³-hybridized carbons (Fsp3) is 0.731. The molecule has 0 bridgehead atoms. The van der Waals surface area contributed by atoms with E-state index in [1.165, 1.54) is 6.08 Å². The van der Waals surface area contributed by atoms with E-state index in [0.29, 0.717) is 13.2 Å². The standard InChI is InChI=1S/C11H20O2.C7H14O.C6H13O3P.2CO2/c1-5-8-11(3,4)9-7-10(12)13-6-2;1-4-5-7(2,3)6-8;1-4-9-6(7)5-10(2,3)8;2*2-1-3/h7,9H,5-6,8H2,1-4H3;6H,4-5H2,1-3H3;4-5H2,1-3H3;;. The van der Waals surface area contributed by atoms with Crippen molar-refractivity contribution in [3.8, 4) is 0 Å². The summed E-state index contributed by atoms with van der Waals surface area (Å²) in [5.41, 5.74) is 0.0102. The van der Waals surface area contributed by atoms with Gasteiger partial charge in [0.2, 0.25) is 0 Å². The Bertz CT molecular complexity index is 724. The van der Waals surface area contributed by atoms with E-state index in [2.05, 4.69) is 32.4 Å². The van der Waals surface area contributed by atoms with Gasteiger partial charge in [-0.15, -0.1) is 0 Å². The zero-order valence-corrected chi connectivity index (χ0v) is 25.1. The quantitative estimate of drug-likeness (QED) is 0.149. The summed E-state index contributed by atoms with van der Waals surface area (Å²) in [5.74, 6) is -0.609. The van der Waals surface area contributed by atoms with Crippen LogP contribution < -0.4 is 0 Å². The van der Waals surface area contributed by atoms with Crippen molar-refractivity contribution in [2.45, 2.75) is 81.1 Å². The molecule has 0 unspecified atom stereocenters. The molecule has 0 aliphatic carbocycles. The lowest BCUT2D eigenvalue weighted by molar-refractivity contribution is -0.193. The maximum atomic E-state index is 11.0. The van der Waals surface area contributed by atoms with E-state index in [9.17, 15) is 18.9 Å². The lowest BCUT2D eigenvalue weighted by atomic mass is 9.88. The highest BCUT2D eigenvalue weighted by Gasteiger charge is 2.14. The van der Waals surface area contributed by atoms with Crippen molar-refractivity contribution in [2.24, 2.45) is 10.8 Å². The van der Waals surface area contributed by atoms with Crippen LogP contribution in [0.3, 0.4) is 0 Å². The smallest absolute Gasteiger partial charge is 0.373 e. The maximum Gasteiger partial charge on any atom is 0.373 e. The molecule has 0 heterocycles. The lowest BCUT2D eigenvalue weighted by Crippen LogP contribution is -2.11. The highest BCUT2D eigenvalue weighted by Crippen LogP contribution is 2.35. The fourth-order valence-electron chi connectivity index (χ4n) is 2.43. The summed E-state index contributed by atoms with van der Waals surface area (Å²) < 4.78 is 20.4. The van der Waals surface area contributed by atoms with Crippen LogP contribution in [-0.2, 0) is 47.6 Å². The van der Waals surface area contributed by atoms with Crippen LogP contribution in [0.1, 0.15) is 81.1 Å². The molecule has 37 heavy (non-hydrogen) atoms. The molecule has 216 valence electrons. The van der Waals surface area contributed by atoms with Gasteiger partial charge >= 0.3 is 24.2 Å². The molecule has 0 rings (SSSR count). The first-order valence-corrected chi connectivity index (χ1v) is 14.7. The SMILES string of the molecule is CCCC(C)(C)C=CC(=O)OCC.CCCC(C)(C)C=O.CCOC(=O)CP(C)(C)=O.O=C=O.O=C=O. The number of allylic oxidation sites excluding steroid dienone is 1. The third-order valence-electron chi connectivity index (χ3n) is 3.88. The minimum absolute atomic E-state index is 0.0564. The molecule has 11 heteroatoms. The molecule has 0 amide bonds. The molecule has 0 aromatic rings. The zero-order valence-electron chi connectivity index (χ0n) is 24.2. The summed E-state index contributed by atoms with van der Waals surface area (Å²) in [5, 5.41) is 0. The number of hydrogen-bond donors (Lipinski definition) is 0. The van der Waals surface area contributed by atoms with E-state index in [1.807, 2.05) is 26.8 Å². The van der Waals surface area contributed by atoms with Gasteiger partial charge < -0.3 is 18.8 Å². The highest BCUT2D eigenvalue weighted by molar-refractivity contribution is 7.63. The van der Waals surface area contributed by atoms with Gasteiger partial charge in [0.25, 0.3) is 0 Å². The Labute approximate surface area is 222 Å². The van der Waals surface area contributed by atoms with Crippen LogP contribution in [0, 0.1) is 10.8 Å². The average molecular weight is 551 g/mol. The summed E-state index contributed by atoms with van der Waals surface area (Å²) in [6.07, 6.45) is 9.33. The number of aldehydes is 1. The third-order valence-corrected chi connectivity index (χ3v) is 4.90. The third kappa shape index (κ3) is 51.0. The predicted molar refractivity (Wildman–Crippen MR) is 140 cm³/mol. The summed E-state index contributed by atoms with van der Waals surface area (Å²) >= 11 is 0. The highest BCUT2D eigenvalue weighted by atomic mass is 31.2. The Morgan fingerprint density at radius 1 is 0.784 bits per heavy atom. The first-order chi connectivity index (χ1) is 16.9. The lowest BCUT2D eigenvalue weighted by Gasteiger charge is -2.18. The molecule has 0 saturated carbocycles. The van der Waals surface area contributed by atoms with Gasteiger partial charge in [-0.1, -0.05) is 60.5 Å². The summed E-state index contributed by atoms with van der Waals surface area (Å²) in [6.45, 7) is 19.9. The predicted octanol–water partition coefficient (Wildman–Crippen LogP) is 4.95. The van der Waals surface area contributed by atoms with Gasteiger partial charge in [-0.05, 0) is 45.4 Å². The van der Waals surface area contributed by atoms with Crippen molar-refractivity contribution in [3.63, 3.8) is 0 Å². The van der Waals surface area contributed by atoms with Crippen molar-refractivity contribution in [2.75, 3.05) is 32.7 Å². The minimum atomic E-state index is -2.23. The summed E-state index contributed by atoms with van der Waals surface area (Å²) in [7, 11) is -2.23. The minimum Gasteiger partial charge on any atom is -0.466 e. The van der Waals surface area contributed by atoms with E-state index in [4.69, 9.17) is 23.9 Å². The molecule has 0 atom stereocenters. The monoisotopic (exact) mass is 550 g/mol. The van der Waals surface area contributed by atoms with E-state index >= 15 is 0 Å². The molecule has 0 spiro atoms. The van der Waals surface area contributed by atoms with Gasteiger partial charge in [0, 0.05) is 11.5 Å². The van der Waals surface area contributed by atoms with Gasteiger partial charge in [0.1, 0.15) is 6.29 Å². The van der Waals surface area contributed by atoms with Gasteiger partial charge in [-0.3, -0.25) is 4.79 Å². The molecule has 0 aromatic carbocycles. The Kier molecular flexibility index (Phi) is 33.5. The first kappa shape index (κ1) is 44.3. The largest absolute Gasteiger partial charge is 0.466 e. The second-order valence-electron chi connectivity index (χ2n) is 9.38. The van der Waals surface area contributed by atoms with E-state index in [0.717, 1.165) is 32.0 Å². The molecular weight excluding hydrogens is 503 g/mol. The van der Waals surface area contributed by atoms with Gasteiger partial charge in [-0.2, -0.15) is 19.2 Å². The van der Waals surface area contributed by atoms with Gasteiger partial charge in [-0.25, -0.2) is 4.79 Å². The Hall–Kier alpha value is -2.66.